The number of hydrogen-bond donors (Lipinski definition) is 1. The normalized spacial score (nSPS) is 18.9. The number of piperazine rings is 1. The zero-order valence-corrected chi connectivity index (χ0v) is 10.8. The van der Waals surface area contributed by atoms with E-state index in [4.69, 9.17) is 0 Å². The average Bonchev–Trinajstić information content (AvgIpc) is 2.67. The lowest BCUT2D eigenvalue weighted by molar-refractivity contribution is 0.158. The molecule has 1 saturated heterocycles. The number of likely N-dealkylation sites (N-methyl/N-ethyl adjacent to an activating group) is 1. The van der Waals surface area contributed by atoms with Gasteiger partial charge in [-0.1, -0.05) is 11.3 Å². The molecule has 5 nitrogen and oxygen atoms in total. The number of aromatic nitrogens is 2. The van der Waals surface area contributed by atoms with Gasteiger partial charge in [-0.05, 0) is 14.0 Å². The Morgan fingerprint density at radius 1 is 1.25 bits per heavy atom. The molecule has 2 rings (SSSR count). The van der Waals surface area contributed by atoms with Crippen LogP contribution in [0.5, 0.6) is 0 Å². The van der Waals surface area contributed by atoms with Crippen molar-refractivity contribution in [2.75, 3.05) is 51.6 Å². The van der Waals surface area contributed by atoms with E-state index >= 15 is 0 Å². The van der Waals surface area contributed by atoms with E-state index in [9.17, 15) is 0 Å². The highest BCUT2D eigenvalue weighted by atomic mass is 32.1. The van der Waals surface area contributed by atoms with Crippen LogP contribution in [-0.4, -0.2) is 66.3 Å². The van der Waals surface area contributed by atoms with Crippen molar-refractivity contribution in [2.45, 2.75) is 6.92 Å². The SMILES string of the molecule is Cc1nnc(NCCN2CCN(C)CC2)s1. The summed E-state index contributed by atoms with van der Waals surface area (Å²) < 4.78 is 0. The monoisotopic (exact) mass is 241 g/mol. The van der Waals surface area contributed by atoms with Crippen molar-refractivity contribution < 1.29 is 0 Å². The van der Waals surface area contributed by atoms with Gasteiger partial charge in [0.2, 0.25) is 5.13 Å². The third-order valence-corrected chi connectivity index (χ3v) is 3.62. The van der Waals surface area contributed by atoms with Crippen LogP contribution in [0.3, 0.4) is 0 Å². The first-order valence-corrected chi connectivity index (χ1v) is 6.50. The molecule has 90 valence electrons. The Morgan fingerprint density at radius 3 is 2.62 bits per heavy atom. The molecule has 0 bridgehead atoms. The fourth-order valence-corrected chi connectivity index (χ4v) is 2.38. The van der Waals surface area contributed by atoms with E-state index in [1.165, 1.54) is 26.2 Å². The third-order valence-electron chi connectivity index (χ3n) is 2.83. The minimum atomic E-state index is 0.937. The first kappa shape index (κ1) is 11.8. The quantitative estimate of drug-likeness (QED) is 0.832. The highest BCUT2D eigenvalue weighted by Crippen LogP contribution is 2.12. The minimum absolute atomic E-state index is 0.937. The second kappa shape index (κ2) is 5.56. The topological polar surface area (TPSA) is 44.3 Å². The van der Waals surface area contributed by atoms with Crippen molar-refractivity contribution >= 4 is 16.5 Å². The maximum absolute atomic E-state index is 4.04. The van der Waals surface area contributed by atoms with Gasteiger partial charge < -0.3 is 10.2 Å². The van der Waals surface area contributed by atoms with Crippen molar-refractivity contribution in [1.29, 1.82) is 0 Å². The predicted octanol–water partition coefficient (Wildman–Crippen LogP) is 0.506. The standard InChI is InChI=1S/C10H19N5S/c1-9-12-13-10(16-9)11-3-4-15-7-5-14(2)6-8-15/h3-8H2,1-2H3,(H,11,13). The largest absolute Gasteiger partial charge is 0.359 e. The van der Waals surface area contributed by atoms with Gasteiger partial charge >= 0.3 is 0 Å². The molecular formula is C10H19N5S. The van der Waals surface area contributed by atoms with E-state index in [2.05, 4.69) is 32.4 Å². The van der Waals surface area contributed by atoms with E-state index in [0.717, 1.165) is 23.2 Å². The van der Waals surface area contributed by atoms with Crippen LogP contribution in [0.2, 0.25) is 0 Å². The first-order valence-electron chi connectivity index (χ1n) is 5.69. The molecule has 0 spiro atoms. The number of aryl methyl sites for hydroxylation is 1. The molecular weight excluding hydrogens is 222 g/mol. The number of rotatable bonds is 4. The maximum Gasteiger partial charge on any atom is 0.205 e. The Labute approximate surface area is 100 Å². The molecule has 1 N–H and O–H groups in total. The van der Waals surface area contributed by atoms with E-state index < -0.39 is 0 Å². The van der Waals surface area contributed by atoms with Gasteiger partial charge in [0.1, 0.15) is 5.01 Å². The molecule has 0 saturated carbocycles. The van der Waals surface area contributed by atoms with Crippen LogP contribution >= 0.6 is 11.3 Å². The number of nitrogens with one attached hydrogen (secondary N) is 1. The van der Waals surface area contributed by atoms with Gasteiger partial charge in [0.25, 0.3) is 0 Å². The van der Waals surface area contributed by atoms with Gasteiger partial charge in [-0.25, -0.2) is 0 Å². The molecule has 0 unspecified atom stereocenters. The smallest absolute Gasteiger partial charge is 0.205 e. The van der Waals surface area contributed by atoms with Gasteiger partial charge in [-0.15, -0.1) is 10.2 Å². The van der Waals surface area contributed by atoms with Crippen LogP contribution in [-0.2, 0) is 0 Å². The summed E-state index contributed by atoms with van der Waals surface area (Å²) in [6.45, 7) is 8.73. The molecule has 0 aliphatic carbocycles. The molecule has 2 heterocycles. The predicted molar refractivity (Wildman–Crippen MR) is 67.1 cm³/mol. The summed E-state index contributed by atoms with van der Waals surface area (Å²) in [4.78, 5) is 4.86. The summed E-state index contributed by atoms with van der Waals surface area (Å²) in [5.74, 6) is 0. The molecule has 6 heteroatoms. The van der Waals surface area contributed by atoms with Crippen LogP contribution < -0.4 is 5.32 Å². The second-order valence-corrected chi connectivity index (χ2v) is 5.38. The molecule has 1 aliphatic heterocycles. The van der Waals surface area contributed by atoms with Gasteiger partial charge in [-0.2, -0.15) is 0 Å². The Kier molecular flexibility index (Phi) is 4.09. The van der Waals surface area contributed by atoms with Crippen LogP contribution in [0, 0.1) is 6.92 Å². The number of nitrogens with zero attached hydrogens (tertiary/aromatic N) is 4. The zero-order valence-electron chi connectivity index (χ0n) is 9.94. The molecule has 0 aromatic carbocycles. The van der Waals surface area contributed by atoms with Crippen molar-refractivity contribution in [3.05, 3.63) is 5.01 Å². The Bertz CT molecular complexity index is 319. The molecule has 1 fully saturated rings. The van der Waals surface area contributed by atoms with Gasteiger partial charge in [-0.3, -0.25) is 4.90 Å². The maximum atomic E-state index is 4.04. The summed E-state index contributed by atoms with van der Waals surface area (Å²) in [5.41, 5.74) is 0. The Morgan fingerprint density at radius 2 is 2.00 bits per heavy atom. The zero-order chi connectivity index (χ0) is 11.4. The van der Waals surface area contributed by atoms with Crippen LogP contribution in [0.15, 0.2) is 0 Å². The van der Waals surface area contributed by atoms with Crippen LogP contribution in [0.25, 0.3) is 0 Å². The van der Waals surface area contributed by atoms with E-state index in [1.54, 1.807) is 11.3 Å². The van der Waals surface area contributed by atoms with Crippen molar-refractivity contribution in [3.63, 3.8) is 0 Å². The van der Waals surface area contributed by atoms with Crippen molar-refractivity contribution in [3.8, 4) is 0 Å². The summed E-state index contributed by atoms with van der Waals surface area (Å²) in [6, 6.07) is 0. The molecule has 0 atom stereocenters. The van der Waals surface area contributed by atoms with Crippen LogP contribution in [0.1, 0.15) is 5.01 Å². The minimum Gasteiger partial charge on any atom is -0.359 e. The Hall–Kier alpha value is -0.720. The summed E-state index contributed by atoms with van der Waals surface area (Å²) in [7, 11) is 2.18. The highest BCUT2D eigenvalue weighted by molar-refractivity contribution is 7.15. The molecule has 0 amide bonds. The summed E-state index contributed by atoms with van der Waals surface area (Å²) >= 11 is 1.61. The second-order valence-electron chi connectivity index (χ2n) is 4.20. The fourth-order valence-electron chi connectivity index (χ4n) is 1.76. The molecule has 0 radical (unpaired) electrons. The van der Waals surface area contributed by atoms with E-state index in [1.807, 2.05) is 6.92 Å². The molecule has 16 heavy (non-hydrogen) atoms. The summed E-state index contributed by atoms with van der Waals surface area (Å²) in [5, 5.41) is 13.3. The van der Waals surface area contributed by atoms with Crippen molar-refractivity contribution in [1.82, 2.24) is 20.0 Å². The molecule has 1 aromatic heterocycles. The average molecular weight is 241 g/mol. The molecule has 1 aliphatic rings. The third kappa shape index (κ3) is 3.40. The van der Waals surface area contributed by atoms with Gasteiger partial charge in [0, 0.05) is 39.3 Å². The van der Waals surface area contributed by atoms with Crippen molar-refractivity contribution in [2.24, 2.45) is 0 Å². The van der Waals surface area contributed by atoms with E-state index in [-0.39, 0.29) is 0 Å². The summed E-state index contributed by atoms with van der Waals surface area (Å²) in [6.07, 6.45) is 0. The number of anilines is 1. The Balaban J connectivity index is 1.64. The molecule has 1 aromatic rings. The lowest BCUT2D eigenvalue weighted by Crippen LogP contribution is -2.45. The van der Waals surface area contributed by atoms with E-state index in [0.29, 0.717) is 0 Å². The fraction of sp³-hybridized carbons (Fsp3) is 0.800. The highest BCUT2D eigenvalue weighted by Gasteiger charge is 2.12. The van der Waals surface area contributed by atoms with Crippen LogP contribution in [0.4, 0.5) is 5.13 Å². The lowest BCUT2D eigenvalue weighted by atomic mass is 10.3. The lowest BCUT2D eigenvalue weighted by Gasteiger charge is -2.32. The number of hydrogen-bond acceptors (Lipinski definition) is 6. The van der Waals surface area contributed by atoms with Gasteiger partial charge in [0.05, 0.1) is 0 Å². The van der Waals surface area contributed by atoms with Gasteiger partial charge in [0.15, 0.2) is 0 Å². The first-order chi connectivity index (χ1) is 7.74.